The Balaban J connectivity index is 1.44. The van der Waals surface area contributed by atoms with E-state index in [2.05, 4.69) is 67.1 Å². The monoisotopic (exact) mass is 425 g/mol. The van der Waals surface area contributed by atoms with E-state index in [1.54, 1.807) is 0 Å². The molecule has 0 unspecified atom stereocenters. The Morgan fingerprint density at radius 1 is 0.875 bits per heavy atom. The van der Waals surface area contributed by atoms with Crippen molar-refractivity contribution < 1.29 is 4.74 Å². The van der Waals surface area contributed by atoms with Crippen molar-refractivity contribution in [3.05, 3.63) is 78.9 Å². The van der Waals surface area contributed by atoms with Gasteiger partial charge >= 0.3 is 0 Å². The predicted octanol–water partition coefficient (Wildman–Crippen LogP) is 7.96. The molecular weight excluding hydrogens is 394 g/mol. The number of anilines is 2. The molecule has 1 fully saturated rings. The Hall–Kier alpha value is -3.27. The Kier molecular flexibility index (Phi) is 5.38. The molecule has 0 bridgehead atoms. The van der Waals surface area contributed by atoms with Gasteiger partial charge in [-0.05, 0) is 79.1 Å². The van der Waals surface area contributed by atoms with Crippen LogP contribution in [0.5, 0.6) is 11.5 Å². The van der Waals surface area contributed by atoms with E-state index in [1.807, 2.05) is 42.5 Å². The minimum atomic E-state index is 0.335. The van der Waals surface area contributed by atoms with E-state index in [-0.39, 0.29) is 0 Å². The third-order valence-electron chi connectivity index (χ3n) is 6.41. The number of nitrogens with one attached hydrogen (secondary N) is 1. The number of benzene rings is 3. The van der Waals surface area contributed by atoms with Crippen molar-refractivity contribution >= 4 is 22.7 Å². The van der Waals surface area contributed by atoms with Crippen LogP contribution in [0.25, 0.3) is 11.0 Å². The number of hydrogen-bond donors (Lipinski definition) is 1. The lowest BCUT2D eigenvalue weighted by atomic mass is 9.70. The fourth-order valence-corrected chi connectivity index (χ4v) is 5.35. The molecule has 0 radical (unpaired) electrons. The number of aromatic nitrogens is 2. The second-order valence-electron chi connectivity index (χ2n) is 9.93. The molecule has 4 nitrogen and oxygen atoms in total. The SMILES string of the molecule is C[C@@H]1C[C@H](n2c(Nc3ccc(Oc4ccccc4)cc3)nc3ccccc32)CC(C)(C)C1. The molecule has 32 heavy (non-hydrogen) atoms. The van der Waals surface area contributed by atoms with Gasteiger partial charge in [0, 0.05) is 11.7 Å². The highest BCUT2D eigenvalue weighted by Gasteiger charge is 2.34. The minimum absolute atomic E-state index is 0.335. The Bertz CT molecular complexity index is 1190. The molecule has 5 rings (SSSR count). The molecule has 2 atom stereocenters. The van der Waals surface area contributed by atoms with E-state index < -0.39 is 0 Å². The lowest BCUT2D eigenvalue weighted by Gasteiger charge is -2.40. The zero-order chi connectivity index (χ0) is 22.1. The van der Waals surface area contributed by atoms with Crippen LogP contribution in [0.2, 0.25) is 0 Å². The molecule has 1 aliphatic rings. The number of nitrogens with zero attached hydrogens (tertiary/aromatic N) is 2. The first-order chi connectivity index (χ1) is 15.5. The molecule has 0 spiro atoms. The summed E-state index contributed by atoms with van der Waals surface area (Å²) in [6, 6.07) is 26.8. The highest BCUT2D eigenvalue weighted by Crippen LogP contribution is 2.46. The number of hydrogen-bond acceptors (Lipinski definition) is 3. The van der Waals surface area contributed by atoms with Gasteiger partial charge in [-0.25, -0.2) is 4.98 Å². The first kappa shape index (κ1) is 20.6. The van der Waals surface area contributed by atoms with Crippen molar-refractivity contribution in [3.8, 4) is 11.5 Å². The largest absolute Gasteiger partial charge is 0.457 e. The van der Waals surface area contributed by atoms with E-state index in [4.69, 9.17) is 9.72 Å². The van der Waals surface area contributed by atoms with Crippen molar-refractivity contribution in [2.45, 2.75) is 46.1 Å². The van der Waals surface area contributed by atoms with E-state index in [0.717, 1.165) is 35.1 Å². The maximum atomic E-state index is 5.94. The van der Waals surface area contributed by atoms with Gasteiger partial charge in [0.1, 0.15) is 11.5 Å². The highest BCUT2D eigenvalue weighted by atomic mass is 16.5. The lowest BCUT2D eigenvalue weighted by Crippen LogP contribution is -2.29. The van der Waals surface area contributed by atoms with Crippen molar-refractivity contribution in [1.29, 1.82) is 0 Å². The molecule has 1 aliphatic carbocycles. The number of para-hydroxylation sites is 3. The molecule has 0 amide bonds. The first-order valence-corrected chi connectivity index (χ1v) is 11.5. The van der Waals surface area contributed by atoms with Gasteiger partial charge < -0.3 is 14.6 Å². The van der Waals surface area contributed by atoms with Crippen LogP contribution in [-0.2, 0) is 0 Å². The zero-order valence-electron chi connectivity index (χ0n) is 19.1. The smallest absolute Gasteiger partial charge is 0.208 e. The molecule has 164 valence electrons. The van der Waals surface area contributed by atoms with Crippen LogP contribution in [0.15, 0.2) is 78.9 Å². The third kappa shape index (κ3) is 4.36. The summed E-state index contributed by atoms with van der Waals surface area (Å²) >= 11 is 0. The fraction of sp³-hybridized carbons (Fsp3) is 0.321. The molecule has 0 saturated heterocycles. The van der Waals surface area contributed by atoms with Gasteiger partial charge in [-0.3, -0.25) is 0 Å². The first-order valence-electron chi connectivity index (χ1n) is 11.5. The Labute approximate surface area is 190 Å². The van der Waals surface area contributed by atoms with Gasteiger partial charge in [0.05, 0.1) is 11.0 Å². The normalized spacial score (nSPS) is 20.2. The number of fused-ring (bicyclic) bond motifs is 1. The predicted molar refractivity (Wildman–Crippen MR) is 132 cm³/mol. The summed E-state index contributed by atoms with van der Waals surface area (Å²) in [7, 11) is 0. The molecule has 3 aromatic carbocycles. The molecule has 0 aliphatic heterocycles. The second kappa shape index (κ2) is 8.34. The summed E-state index contributed by atoms with van der Waals surface area (Å²) in [6.07, 6.45) is 3.63. The molecule has 1 aromatic heterocycles. The molecule has 1 N–H and O–H groups in total. The minimum Gasteiger partial charge on any atom is -0.457 e. The van der Waals surface area contributed by atoms with Crippen molar-refractivity contribution in [3.63, 3.8) is 0 Å². The lowest BCUT2D eigenvalue weighted by molar-refractivity contribution is 0.140. The maximum Gasteiger partial charge on any atom is 0.208 e. The summed E-state index contributed by atoms with van der Waals surface area (Å²) in [5.41, 5.74) is 3.58. The quantitative estimate of drug-likeness (QED) is 0.352. The van der Waals surface area contributed by atoms with Gasteiger partial charge in [-0.2, -0.15) is 0 Å². The van der Waals surface area contributed by atoms with E-state index in [1.165, 1.54) is 18.4 Å². The maximum absolute atomic E-state index is 5.94. The summed E-state index contributed by atoms with van der Waals surface area (Å²) < 4.78 is 8.37. The molecule has 1 saturated carbocycles. The van der Waals surface area contributed by atoms with Gasteiger partial charge in [-0.1, -0.05) is 51.1 Å². The summed E-state index contributed by atoms with van der Waals surface area (Å²) in [5.74, 6) is 3.27. The van der Waals surface area contributed by atoms with Gasteiger partial charge in [-0.15, -0.1) is 0 Å². The van der Waals surface area contributed by atoms with Crippen LogP contribution in [-0.4, -0.2) is 9.55 Å². The van der Waals surface area contributed by atoms with Crippen LogP contribution in [0, 0.1) is 11.3 Å². The Morgan fingerprint density at radius 3 is 2.31 bits per heavy atom. The summed E-state index contributed by atoms with van der Waals surface area (Å²) in [6.45, 7) is 7.17. The van der Waals surface area contributed by atoms with Crippen molar-refractivity contribution in [1.82, 2.24) is 9.55 Å². The van der Waals surface area contributed by atoms with E-state index >= 15 is 0 Å². The summed E-state index contributed by atoms with van der Waals surface area (Å²) in [4.78, 5) is 4.97. The molecular formula is C28H31N3O. The van der Waals surface area contributed by atoms with Crippen LogP contribution in [0.4, 0.5) is 11.6 Å². The topological polar surface area (TPSA) is 39.1 Å². The highest BCUT2D eigenvalue weighted by molar-refractivity contribution is 5.80. The fourth-order valence-electron chi connectivity index (χ4n) is 5.35. The van der Waals surface area contributed by atoms with E-state index in [9.17, 15) is 0 Å². The van der Waals surface area contributed by atoms with Crippen LogP contribution >= 0.6 is 0 Å². The van der Waals surface area contributed by atoms with Crippen LogP contribution in [0.3, 0.4) is 0 Å². The second-order valence-corrected chi connectivity index (χ2v) is 9.93. The van der Waals surface area contributed by atoms with Gasteiger partial charge in [0.2, 0.25) is 5.95 Å². The van der Waals surface area contributed by atoms with E-state index in [0.29, 0.717) is 17.4 Å². The average molecular weight is 426 g/mol. The number of ether oxygens (including phenoxy) is 1. The zero-order valence-corrected chi connectivity index (χ0v) is 19.1. The Morgan fingerprint density at radius 2 is 1.56 bits per heavy atom. The standard InChI is InChI=1S/C28H31N3O/c1-20-17-22(19-28(2,3)18-20)31-26-12-8-7-11-25(26)30-27(31)29-21-13-15-24(16-14-21)32-23-9-5-4-6-10-23/h4-16,20,22H,17-19H2,1-3H3,(H,29,30)/t20-,22+/m1/s1. The number of rotatable bonds is 5. The molecule has 4 aromatic rings. The van der Waals surface area contributed by atoms with Crippen molar-refractivity contribution in [2.75, 3.05) is 5.32 Å². The third-order valence-corrected chi connectivity index (χ3v) is 6.41. The average Bonchev–Trinajstić information content (AvgIpc) is 3.12. The molecule has 4 heteroatoms. The molecule has 1 heterocycles. The van der Waals surface area contributed by atoms with Crippen molar-refractivity contribution in [2.24, 2.45) is 11.3 Å². The van der Waals surface area contributed by atoms with Crippen LogP contribution in [0.1, 0.15) is 46.1 Å². The van der Waals surface area contributed by atoms with Gasteiger partial charge in [0.15, 0.2) is 0 Å². The van der Waals surface area contributed by atoms with Crippen LogP contribution < -0.4 is 10.1 Å². The summed E-state index contributed by atoms with van der Waals surface area (Å²) in [5, 5.41) is 3.59. The number of imidazole rings is 1. The van der Waals surface area contributed by atoms with Gasteiger partial charge in [0.25, 0.3) is 0 Å².